The highest BCUT2D eigenvalue weighted by Gasteiger charge is 2.23. The number of benzene rings is 1. The molecule has 4 rings (SSSR count). The Bertz CT molecular complexity index is 1020. The molecule has 1 atom stereocenters. The molecule has 1 amide bonds. The number of nitrogens with zero attached hydrogens (tertiary/aromatic N) is 2. The second kappa shape index (κ2) is 8.74. The summed E-state index contributed by atoms with van der Waals surface area (Å²) in [5, 5.41) is 9.70. The molecule has 0 radical (unpaired) electrons. The van der Waals surface area contributed by atoms with Gasteiger partial charge in [-0.1, -0.05) is 31.5 Å². The Morgan fingerprint density at radius 2 is 2.00 bits per heavy atom. The first-order chi connectivity index (χ1) is 14.1. The monoisotopic (exact) mass is 407 g/mol. The van der Waals surface area contributed by atoms with Crippen LogP contribution >= 0.6 is 11.3 Å². The summed E-state index contributed by atoms with van der Waals surface area (Å²) in [5.74, 6) is 0.510. The summed E-state index contributed by atoms with van der Waals surface area (Å²) in [6, 6.07) is 14.9. The molecular weight excluding hydrogens is 382 g/mol. The van der Waals surface area contributed by atoms with Crippen LogP contribution in [0.1, 0.15) is 53.9 Å². The van der Waals surface area contributed by atoms with Gasteiger partial charge in [0, 0.05) is 28.6 Å². The molecular formula is C23H25N3O2S. The Morgan fingerprint density at radius 1 is 1.21 bits per heavy atom. The van der Waals surface area contributed by atoms with Crippen molar-refractivity contribution >= 4 is 17.2 Å². The SMILES string of the molecule is CCCC(NC(=O)c1ccc(-c2ccc(=O)n(CC3CC3)n2)cc1)c1cccs1. The first-order valence-electron chi connectivity index (χ1n) is 10.2. The molecule has 6 heteroatoms. The van der Waals surface area contributed by atoms with Crippen LogP contribution in [0.15, 0.2) is 58.7 Å². The van der Waals surface area contributed by atoms with E-state index in [4.69, 9.17) is 0 Å². The van der Waals surface area contributed by atoms with E-state index in [0.29, 0.717) is 18.0 Å². The number of hydrogen-bond acceptors (Lipinski definition) is 4. The van der Waals surface area contributed by atoms with Gasteiger partial charge in [-0.15, -0.1) is 11.3 Å². The molecule has 1 aliphatic carbocycles. The van der Waals surface area contributed by atoms with Crippen molar-refractivity contribution in [3.8, 4) is 11.3 Å². The first-order valence-corrected chi connectivity index (χ1v) is 11.0. The third kappa shape index (κ3) is 4.82. The largest absolute Gasteiger partial charge is 0.344 e. The van der Waals surface area contributed by atoms with Crippen LogP contribution in [0.5, 0.6) is 0 Å². The third-order valence-corrected chi connectivity index (χ3v) is 6.19. The van der Waals surface area contributed by atoms with Crippen molar-refractivity contribution < 1.29 is 4.79 Å². The second-order valence-corrected chi connectivity index (χ2v) is 8.57. The molecule has 5 nitrogen and oxygen atoms in total. The van der Waals surface area contributed by atoms with E-state index in [9.17, 15) is 9.59 Å². The minimum absolute atomic E-state index is 0.0415. The number of amides is 1. The summed E-state index contributed by atoms with van der Waals surface area (Å²) < 4.78 is 1.56. The van der Waals surface area contributed by atoms with E-state index in [2.05, 4.69) is 23.4 Å². The Labute approximate surface area is 174 Å². The van der Waals surface area contributed by atoms with E-state index >= 15 is 0 Å². The van der Waals surface area contributed by atoms with Crippen LogP contribution in [0.25, 0.3) is 11.3 Å². The van der Waals surface area contributed by atoms with Crippen LogP contribution < -0.4 is 10.9 Å². The Hall–Kier alpha value is -2.73. The number of hydrogen-bond donors (Lipinski definition) is 1. The van der Waals surface area contributed by atoms with Crippen molar-refractivity contribution in [2.45, 2.75) is 45.2 Å². The molecule has 2 heterocycles. The number of nitrogens with one attached hydrogen (secondary N) is 1. The zero-order chi connectivity index (χ0) is 20.2. The van der Waals surface area contributed by atoms with Crippen molar-refractivity contribution in [1.29, 1.82) is 0 Å². The van der Waals surface area contributed by atoms with Gasteiger partial charge in [0.05, 0.1) is 11.7 Å². The number of thiophene rings is 1. The third-order valence-electron chi connectivity index (χ3n) is 5.21. The predicted octanol–water partition coefficient (Wildman–Crippen LogP) is 4.65. The molecule has 150 valence electrons. The molecule has 1 saturated carbocycles. The molecule has 1 aliphatic rings. The van der Waals surface area contributed by atoms with Gasteiger partial charge in [-0.3, -0.25) is 9.59 Å². The lowest BCUT2D eigenvalue weighted by molar-refractivity contribution is 0.0935. The van der Waals surface area contributed by atoms with Gasteiger partial charge in [0.1, 0.15) is 0 Å². The van der Waals surface area contributed by atoms with Crippen molar-refractivity contribution in [3.63, 3.8) is 0 Å². The standard InChI is InChI=1S/C23H25N3O2S/c1-2-4-20(21-5-3-14-29-21)24-23(28)18-10-8-17(9-11-18)19-12-13-22(27)26(25-19)15-16-6-7-16/h3,5,8-14,16,20H,2,4,6-7,15H2,1H3,(H,24,28). The zero-order valence-electron chi connectivity index (χ0n) is 16.5. The van der Waals surface area contributed by atoms with Gasteiger partial charge >= 0.3 is 0 Å². The summed E-state index contributed by atoms with van der Waals surface area (Å²) in [5.41, 5.74) is 2.21. The number of carbonyl (C=O) groups excluding carboxylic acids is 1. The highest BCUT2D eigenvalue weighted by Crippen LogP contribution is 2.30. The quantitative estimate of drug-likeness (QED) is 0.591. The van der Waals surface area contributed by atoms with Crippen LogP contribution in [0.3, 0.4) is 0 Å². The number of rotatable bonds is 8. The van der Waals surface area contributed by atoms with Crippen LogP contribution in [-0.2, 0) is 6.54 Å². The number of aromatic nitrogens is 2. The van der Waals surface area contributed by atoms with Gasteiger partial charge in [-0.2, -0.15) is 5.10 Å². The summed E-state index contributed by atoms with van der Waals surface area (Å²) in [6.45, 7) is 2.81. The Balaban J connectivity index is 1.48. The van der Waals surface area contributed by atoms with Gasteiger partial charge in [-0.25, -0.2) is 4.68 Å². The summed E-state index contributed by atoms with van der Waals surface area (Å²) in [4.78, 5) is 25.9. The van der Waals surface area contributed by atoms with E-state index in [-0.39, 0.29) is 17.5 Å². The Morgan fingerprint density at radius 3 is 2.66 bits per heavy atom. The fourth-order valence-electron chi connectivity index (χ4n) is 3.38. The molecule has 0 aliphatic heterocycles. The maximum atomic E-state index is 12.7. The molecule has 0 bridgehead atoms. The van der Waals surface area contributed by atoms with Crippen LogP contribution in [0, 0.1) is 5.92 Å². The van der Waals surface area contributed by atoms with Crippen molar-refractivity contribution in [1.82, 2.24) is 15.1 Å². The fraction of sp³-hybridized carbons (Fsp3) is 0.348. The zero-order valence-corrected chi connectivity index (χ0v) is 17.3. The van der Waals surface area contributed by atoms with Gasteiger partial charge < -0.3 is 5.32 Å². The van der Waals surface area contributed by atoms with Crippen molar-refractivity contribution in [2.24, 2.45) is 5.92 Å². The smallest absolute Gasteiger partial charge is 0.266 e. The molecule has 1 aromatic carbocycles. The molecule has 2 aromatic heterocycles. The van der Waals surface area contributed by atoms with Crippen LogP contribution in [0.2, 0.25) is 0 Å². The summed E-state index contributed by atoms with van der Waals surface area (Å²) in [7, 11) is 0. The maximum absolute atomic E-state index is 12.7. The highest BCUT2D eigenvalue weighted by molar-refractivity contribution is 7.10. The van der Waals surface area contributed by atoms with E-state index in [1.54, 1.807) is 28.2 Å². The average molecular weight is 408 g/mol. The summed E-state index contributed by atoms with van der Waals surface area (Å²) >= 11 is 1.67. The van der Waals surface area contributed by atoms with Gasteiger partial charge in [0.2, 0.25) is 0 Å². The minimum Gasteiger partial charge on any atom is -0.344 e. The van der Waals surface area contributed by atoms with Gasteiger partial charge in [0.25, 0.3) is 11.5 Å². The van der Waals surface area contributed by atoms with Gasteiger partial charge in [-0.05, 0) is 54.8 Å². The molecule has 0 spiro atoms. The minimum atomic E-state index is -0.0740. The molecule has 1 fully saturated rings. The fourth-order valence-corrected chi connectivity index (χ4v) is 4.19. The normalized spacial score (nSPS) is 14.5. The van der Waals surface area contributed by atoms with Crippen LogP contribution in [-0.4, -0.2) is 15.7 Å². The van der Waals surface area contributed by atoms with E-state index in [1.165, 1.54) is 17.7 Å². The lowest BCUT2D eigenvalue weighted by atomic mass is 10.1. The lowest BCUT2D eigenvalue weighted by Gasteiger charge is -2.17. The molecule has 1 unspecified atom stereocenters. The van der Waals surface area contributed by atoms with E-state index in [1.807, 2.05) is 35.7 Å². The van der Waals surface area contributed by atoms with E-state index in [0.717, 1.165) is 24.1 Å². The van der Waals surface area contributed by atoms with E-state index < -0.39 is 0 Å². The van der Waals surface area contributed by atoms with Crippen molar-refractivity contribution in [2.75, 3.05) is 0 Å². The highest BCUT2D eigenvalue weighted by atomic mass is 32.1. The van der Waals surface area contributed by atoms with Gasteiger partial charge in [0.15, 0.2) is 0 Å². The van der Waals surface area contributed by atoms with Crippen LogP contribution in [0.4, 0.5) is 0 Å². The topological polar surface area (TPSA) is 64.0 Å². The molecule has 1 N–H and O–H groups in total. The second-order valence-electron chi connectivity index (χ2n) is 7.59. The lowest BCUT2D eigenvalue weighted by Crippen LogP contribution is -2.28. The first kappa shape index (κ1) is 19.6. The maximum Gasteiger partial charge on any atom is 0.266 e. The Kier molecular flexibility index (Phi) is 5.90. The summed E-state index contributed by atoms with van der Waals surface area (Å²) in [6.07, 6.45) is 4.26. The predicted molar refractivity (Wildman–Crippen MR) is 116 cm³/mol. The van der Waals surface area contributed by atoms with Crippen molar-refractivity contribution in [3.05, 3.63) is 74.7 Å². The average Bonchev–Trinajstić information content (AvgIpc) is 3.38. The molecule has 3 aromatic rings. The number of carbonyl (C=O) groups is 1. The molecule has 29 heavy (non-hydrogen) atoms. The molecule has 0 saturated heterocycles.